The van der Waals surface area contributed by atoms with Gasteiger partial charge in [0.2, 0.25) is 6.41 Å². The largest absolute Gasteiger partial charge is 0.344 e. The summed E-state index contributed by atoms with van der Waals surface area (Å²) in [7, 11) is 1.87. The highest BCUT2D eigenvalue weighted by atomic mass is 16.1. The zero-order valence-corrected chi connectivity index (χ0v) is 7.21. The first-order valence-corrected chi connectivity index (χ1v) is 3.52. The van der Waals surface area contributed by atoms with E-state index >= 15 is 0 Å². The Morgan fingerprint density at radius 1 is 1.55 bits per heavy atom. The topological polar surface area (TPSA) is 32.3 Å². The lowest BCUT2D eigenvalue weighted by Crippen LogP contribution is -2.29. The number of nitrogens with one attached hydrogen (secondary N) is 1. The Labute approximate surface area is 68.8 Å². The van der Waals surface area contributed by atoms with E-state index in [9.17, 15) is 4.79 Å². The van der Waals surface area contributed by atoms with Crippen molar-refractivity contribution < 1.29 is 4.79 Å². The van der Waals surface area contributed by atoms with Gasteiger partial charge in [-0.3, -0.25) is 4.79 Å². The maximum atomic E-state index is 10.1. The molecule has 0 saturated heterocycles. The van der Waals surface area contributed by atoms with E-state index in [-0.39, 0.29) is 0 Å². The summed E-state index contributed by atoms with van der Waals surface area (Å²) < 4.78 is 0. The Hall–Kier alpha value is -1.01. The summed E-state index contributed by atoms with van der Waals surface area (Å²) in [6, 6.07) is 0. The van der Waals surface area contributed by atoms with Gasteiger partial charge in [-0.05, 0) is 14.0 Å². The Bertz CT molecular complexity index is 102. The second kappa shape index (κ2) is 11.7. The fraction of sp³-hybridized carbons (Fsp3) is 0.625. The zero-order chi connectivity index (χ0) is 9.11. The van der Waals surface area contributed by atoms with Crippen molar-refractivity contribution in [3.8, 4) is 12.8 Å². The molecule has 3 heteroatoms. The van der Waals surface area contributed by atoms with Gasteiger partial charge < -0.3 is 10.2 Å². The van der Waals surface area contributed by atoms with Crippen molar-refractivity contribution in [1.29, 1.82) is 0 Å². The molecule has 1 N–H and O–H groups in total. The van der Waals surface area contributed by atoms with E-state index in [4.69, 9.17) is 0 Å². The van der Waals surface area contributed by atoms with Gasteiger partial charge in [-0.1, -0.05) is 0 Å². The lowest BCUT2D eigenvalue weighted by Gasteiger charge is -2.12. The van der Waals surface area contributed by atoms with Gasteiger partial charge in [0.05, 0.1) is 0 Å². The van der Waals surface area contributed by atoms with Crippen LogP contribution >= 0.6 is 0 Å². The van der Waals surface area contributed by atoms with Gasteiger partial charge in [-0.2, -0.15) is 0 Å². The van der Waals surface area contributed by atoms with Crippen molar-refractivity contribution in [3.63, 3.8) is 0 Å². The van der Waals surface area contributed by atoms with E-state index in [2.05, 4.69) is 18.2 Å². The number of likely N-dealkylation sites (N-methyl/N-ethyl adjacent to an activating group) is 2. The van der Waals surface area contributed by atoms with Crippen LogP contribution in [0.25, 0.3) is 0 Å². The minimum atomic E-state index is 0.797. The maximum absolute atomic E-state index is 10.1. The normalized spacial score (nSPS) is 7.64. The van der Waals surface area contributed by atoms with Crippen LogP contribution < -0.4 is 5.32 Å². The van der Waals surface area contributed by atoms with Crippen molar-refractivity contribution in [3.05, 3.63) is 0 Å². The molecule has 0 unspecified atom stereocenters. The maximum Gasteiger partial charge on any atom is 0.209 e. The Morgan fingerprint density at radius 3 is 2.36 bits per heavy atom. The molecule has 0 aliphatic heterocycles. The van der Waals surface area contributed by atoms with Crippen LogP contribution in [0.2, 0.25) is 0 Å². The van der Waals surface area contributed by atoms with E-state index in [1.54, 1.807) is 4.90 Å². The summed E-state index contributed by atoms with van der Waals surface area (Å²) >= 11 is 0. The van der Waals surface area contributed by atoms with E-state index in [1.165, 1.54) is 0 Å². The summed E-state index contributed by atoms with van der Waals surface area (Å²) in [5.41, 5.74) is 0. The highest BCUT2D eigenvalue weighted by molar-refractivity contribution is 5.46. The third-order valence-corrected chi connectivity index (χ3v) is 1.20. The lowest BCUT2D eigenvalue weighted by atomic mass is 10.5. The Morgan fingerprint density at radius 2 is 2.09 bits per heavy atom. The molecule has 0 radical (unpaired) electrons. The number of carbonyl (C=O) groups excluding carboxylic acids is 1. The molecule has 0 atom stereocenters. The predicted octanol–water partition coefficient (Wildman–Crippen LogP) is -0.0665. The Kier molecular flexibility index (Phi) is 13.5. The first-order chi connectivity index (χ1) is 5.35. The van der Waals surface area contributed by atoms with Crippen LogP contribution in [0.4, 0.5) is 0 Å². The van der Waals surface area contributed by atoms with Crippen molar-refractivity contribution in [1.82, 2.24) is 10.2 Å². The summed E-state index contributed by atoms with van der Waals surface area (Å²) in [6.07, 6.45) is 8.87. The molecule has 0 aromatic heterocycles. The number of terminal acetylenes is 1. The molecule has 64 valence electrons. The van der Waals surface area contributed by atoms with E-state index in [0.717, 1.165) is 26.0 Å². The van der Waals surface area contributed by atoms with Gasteiger partial charge in [0.25, 0.3) is 0 Å². The molecule has 0 aliphatic carbocycles. The highest BCUT2D eigenvalue weighted by Crippen LogP contribution is 1.77. The molecule has 0 bridgehead atoms. The van der Waals surface area contributed by atoms with Crippen LogP contribution in [0, 0.1) is 12.8 Å². The molecular formula is C8H16N2O. The van der Waals surface area contributed by atoms with Crippen molar-refractivity contribution >= 4 is 6.41 Å². The van der Waals surface area contributed by atoms with Gasteiger partial charge in [-0.15, -0.1) is 12.8 Å². The molecule has 0 rings (SSSR count). The standard InChI is InChI=1S/C6H14N2O.C2H2/c1-3-8(6-9)5-4-7-2;1-2/h6-7H,3-5H2,1-2H3;1-2H. The lowest BCUT2D eigenvalue weighted by molar-refractivity contribution is -0.117. The SMILES string of the molecule is C#C.CCN(C=O)CCNC. The van der Waals surface area contributed by atoms with Gasteiger partial charge >= 0.3 is 0 Å². The minimum absolute atomic E-state index is 0.797. The average Bonchev–Trinajstić information content (AvgIpc) is 2.10. The summed E-state index contributed by atoms with van der Waals surface area (Å²) in [6.45, 7) is 4.43. The van der Waals surface area contributed by atoms with Crippen molar-refractivity contribution in [2.75, 3.05) is 26.7 Å². The zero-order valence-electron chi connectivity index (χ0n) is 7.21. The number of rotatable bonds is 5. The fourth-order valence-corrected chi connectivity index (χ4v) is 0.541. The number of nitrogens with zero attached hydrogens (tertiary/aromatic N) is 1. The summed E-state index contributed by atoms with van der Waals surface area (Å²) in [5.74, 6) is 0. The first kappa shape index (κ1) is 12.6. The number of amides is 1. The van der Waals surface area contributed by atoms with Crippen LogP contribution in [0.5, 0.6) is 0 Å². The van der Waals surface area contributed by atoms with Crippen LogP contribution in [0.3, 0.4) is 0 Å². The molecule has 0 aromatic rings. The molecule has 0 saturated carbocycles. The van der Waals surface area contributed by atoms with Crippen LogP contribution in [0.1, 0.15) is 6.92 Å². The summed E-state index contributed by atoms with van der Waals surface area (Å²) in [4.78, 5) is 11.9. The molecule has 1 amide bonds. The third-order valence-electron chi connectivity index (χ3n) is 1.20. The summed E-state index contributed by atoms with van der Waals surface area (Å²) in [5, 5.41) is 2.97. The minimum Gasteiger partial charge on any atom is -0.344 e. The highest BCUT2D eigenvalue weighted by Gasteiger charge is 1.93. The smallest absolute Gasteiger partial charge is 0.209 e. The second-order valence-corrected chi connectivity index (χ2v) is 1.84. The first-order valence-electron chi connectivity index (χ1n) is 3.52. The Balaban J connectivity index is 0. The fourth-order valence-electron chi connectivity index (χ4n) is 0.541. The van der Waals surface area contributed by atoms with Gasteiger partial charge in [0, 0.05) is 19.6 Å². The molecule has 0 heterocycles. The van der Waals surface area contributed by atoms with Gasteiger partial charge in [0.15, 0.2) is 0 Å². The van der Waals surface area contributed by atoms with Gasteiger partial charge in [0.1, 0.15) is 0 Å². The van der Waals surface area contributed by atoms with Crippen LogP contribution in [0.15, 0.2) is 0 Å². The quantitative estimate of drug-likeness (QED) is 0.446. The molecule has 0 aliphatic rings. The predicted molar refractivity (Wildman–Crippen MR) is 47.1 cm³/mol. The third kappa shape index (κ3) is 8.99. The molecule has 0 fully saturated rings. The van der Waals surface area contributed by atoms with E-state index < -0.39 is 0 Å². The molecular weight excluding hydrogens is 140 g/mol. The van der Waals surface area contributed by atoms with Crippen LogP contribution in [-0.4, -0.2) is 38.0 Å². The number of hydrogen-bond acceptors (Lipinski definition) is 2. The van der Waals surface area contributed by atoms with Crippen molar-refractivity contribution in [2.45, 2.75) is 6.92 Å². The molecule has 0 spiro atoms. The second-order valence-electron chi connectivity index (χ2n) is 1.84. The average molecular weight is 156 g/mol. The molecule has 0 aromatic carbocycles. The monoisotopic (exact) mass is 156 g/mol. The number of hydrogen-bond donors (Lipinski definition) is 1. The number of carbonyl (C=O) groups is 1. The molecule has 3 nitrogen and oxygen atoms in total. The van der Waals surface area contributed by atoms with Crippen molar-refractivity contribution in [2.24, 2.45) is 0 Å². The van der Waals surface area contributed by atoms with Gasteiger partial charge in [-0.25, -0.2) is 0 Å². The molecule has 11 heavy (non-hydrogen) atoms. The van der Waals surface area contributed by atoms with E-state index in [1.807, 2.05) is 14.0 Å². The van der Waals surface area contributed by atoms with Crippen LogP contribution in [-0.2, 0) is 4.79 Å². The van der Waals surface area contributed by atoms with E-state index in [0.29, 0.717) is 0 Å².